The van der Waals surface area contributed by atoms with E-state index in [2.05, 4.69) is 5.32 Å². The maximum absolute atomic E-state index is 13.7. The Morgan fingerprint density at radius 2 is 1.57 bits per heavy atom. The minimum atomic E-state index is -0.744. The molecule has 0 saturated carbocycles. The molecule has 0 bridgehead atoms. The Bertz CT molecular complexity index is 1190. The van der Waals surface area contributed by atoms with E-state index < -0.39 is 6.04 Å². The molecular formula is C30H34Cl2N2O3. The third-order valence-electron chi connectivity index (χ3n) is 5.85. The average molecular weight is 542 g/mol. The molecule has 1 N–H and O–H groups in total. The molecule has 2 amide bonds. The number of nitrogens with zero attached hydrogens (tertiary/aromatic N) is 1. The highest BCUT2D eigenvalue weighted by atomic mass is 35.5. The van der Waals surface area contributed by atoms with Crippen molar-refractivity contribution in [3.8, 4) is 5.75 Å². The molecule has 0 radical (unpaired) electrons. The molecule has 3 aromatic carbocycles. The van der Waals surface area contributed by atoms with Crippen molar-refractivity contribution < 1.29 is 14.3 Å². The standard InChI is InChI=1S/C30H34Cl2N2O3/c1-20(2)17-33-30(36)28(16-23-8-6-5-7-9-23)34(18-24-10-11-26(31)27(32)15-24)29(35)19-37-25-13-21(3)12-22(4)14-25/h5-15,20,28H,16-19H2,1-4H3,(H,33,36)/t28-/m0/s1. The van der Waals surface area contributed by atoms with E-state index >= 15 is 0 Å². The molecule has 0 aliphatic rings. The van der Waals surface area contributed by atoms with Gasteiger partial charge in [0.25, 0.3) is 5.91 Å². The van der Waals surface area contributed by atoms with Gasteiger partial charge in [0, 0.05) is 19.5 Å². The number of rotatable bonds is 11. The molecule has 0 spiro atoms. The van der Waals surface area contributed by atoms with Crippen molar-refractivity contribution in [2.75, 3.05) is 13.2 Å². The van der Waals surface area contributed by atoms with Crippen molar-refractivity contribution in [2.45, 2.75) is 46.7 Å². The zero-order valence-corrected chi connectivity index (χ0v) is 23.3. The summed E-state index contributed by atoms with van der Waals surface area (Å²) in [6.45, 7) is 8.51. The lowest BCUT2D eigenvalue weighted by Crippen LogP contribution is -2.52. The van der Waals surface area contributed by atoms with Crippen LogP contribution in [-0.4, -0.2) is 35.9 Å². The third kappa shape index (κ3) is 8.80. The summed E-state index contributed by atoms with van der Waals surface area (Å²) < 4.78 is 5.90. The number of ether oxygens (including phenoxy) is 1. The van der Waals surface area contributed by atoms with Gasteiger partial charge >= 0.3 is 0 Å². The lowest BCUT2D eigenvalue weighted by atomic mass is 10.0. The van der Waals surface area contributed by atoms with Gasteiger partial charge in [-0.2, -0.15) is 0 Å². The highest BCUT2D eigenvalue weighted by Crippen LogP contribution is 2.24. The van der Waals surface area contributed by atoms with E-state index in [1.807, 2.05) is 82.3 Å². The normalized spacial score (nSPS) is 11.8. The van der Waals surface area contributed by atoms with Gasteiger partial charge in [0.2, 0.25) is 5.91 Å². The van der Waals surface area contributed by atoms with Gasteiger partial charge in [0.1, 0.15) is 11.8 Å². The fourth-order valence-electron chi connectivity index (χ4n) is 4.06. The summed E-state index contributed by atoms with van der Waals surface area (Å²) in [5.41, 5.74) is 3.81. The monoisotopic (exact) mass is 540 g/mol. The molecule has 0 fully saturated rings. The first-order valence-electron chi connectivity index (χ1n) is 12.4. The van der Waals surface area contributed by atoms with Crippen LogP contribution in [0.15, 0.2) is 66.7 Å². The van der Waals surface area contributed by atoms with Crippen LogP contribution in [0.2, 0.25) is 10.0 Å². The summed E-state index contributed by atoms with van der Waals surface area (Å²) >= 11 is 12.4. The van der Waals surface area contributed by atoms with Gasteiger partial charge < -0.3 is 15.0 Å². The molecule has 0 unspecified atom stereocenters. The topological polar surface area (TPSA) is 58.6 Å². The molecule has 37 heavy (non-hydrogen) atoms. The van der Waals surface area contributed by atoms with E-state index in [4.69, 9.17) is 27.9 Å². The molecule has 0 saturated heterocycles. The fraction of sp³-hybridized carbons (Fsp3) is 0.333. The van der Waals surface area contributed by atoms with Crippen molar-refractivity contribution in [3.05, 3.63) is 99.0 Å². The fourth-order valence-corrected chi connectivity index (χ4v) is 4.38. The summed E-state index contributed by atoms with van der Waals surface area (Å²) in [7, 11) is 0. The zero-order chi connectivity index (χ0) is 26.9. The van der Waals surface area contributed by atoms with E-state index in [0.717, 1.165) is 22.3 Å². The minimum absolute atomic E-state index is 0.179. The average Bonchev–Trinajstić information content (AvgIpc) is 2.85. The van der Waals surface area contributed by atoms with Crippen LogP contribution in [0.25, 0.3) is 0 Å². The number of hydrogen-bond donors (Lipinski definition) is 1. The molecule has 7 heteroatoms. The van der Waals surface area contributed by atoms with E-state index in [1.165, 1.54) is 0 Å². The smallest absolute Gasteiger partial charge is 0.261 e. The van der Waals surface area contributed by atoms with E-state index in [-0.39, 0.29) is 30.9 Å². The van der Waals surface area contributed by atoms with Crippen LogP contribution < -0.4 is 10.1 Å². The van der Waals surface area contributed by atoms with E-state index in [1.54, 1.807) is 17.0 Å². The second-order valence-corrected chi connectivity index (χ2v) is 10.5. The lowest BCUT2D eigenvalue weighted by molar-refractivity contribution is -0.142. The summed E-state index contributed by atoms with van der Waals surface area (Å²) in [5.74, 6) is 0.376. The molecular weight excluding hydrogens is 507 g/mol. The first-order chi connectivity index (χ1) is 17.6. The van der Waals surface area contributed by atoms with Crippen LogP contribution in [0.4, 0.5) is 0 Å². The van der Waals surface area contributed by atoms with Crippen LogP contribution >= 0.6 is 23.2 Å². The molecule has 3 aromatic rings. The maximum Gasteiger partial charge on any atom is 0.261 e. The summed E-state index contributed by atoms with van der Waals surface area (Å²) in [5, 5.41) is 3.83. The quantitative estimate of drug-likeness (QED) is 0.306. The number of carbonyl (C=O) groups excluding carboxylic acids is 2. The van der Waals surface area contributed by atoms with Crippen LogP contribution in [0.3, 0.4) is 0 Å². The Balaban J connectivity index is 1.93. The molecule has 3 rings (SSSR count). The summed E-state index contributed by atoms with van der Waals surface area (Å²) in [6.07, 6.45) is 0.362. The Morgan fingerprint density at radius 1 is 0.892 bits per heavy atom. The Hall–Kier alpha value is -3.02. The van der Waals surface area contributed by atoms with Crippen molar-refractivity contribution >= 4 is 35.0 Å². The number of nitrogens with one attached hydrogen (secondary N) is 1. The van der Waals surface area contributed by atoms with Crippen LogP contribution in [-0.2, 0) is 22.6 Å². The number of amides is 2. The van der Waals surface area contributed by atoms with Crippen LogP contribution in [0.1, 0.15) is 36.1 Å². The highest BCUT2D eigenvalue weighted by Gasteiger charge is 2.31. The molecule has 0 heterocycles. The van der Waals surface area contributed by atoms with E-state index in [9.17, 15) is 9.59 Å². The van der Waals surface area contributed by atoms with Crippen LogP contribution in [0.5, 0.6) is 5.75 Å². The first-order valence-corrected chi connectivity index (χ1v) is 13.1. The molecule has 5 nitrogen and oxygen atoms in total. The Morgan fingerprint density at radius 3 is 2.19 bits per heavy atom. The molecule has 196 valence electrons. The van der Waals surface area contributed by atoms with Gasteiger partial charge in [-0.05, 0) is 66.3 Å². The Kier molecular flexibility index (Phi) is 10.4. The maximum atomic E-state index is 13.7. The number of aryl methyl sites for hydroxylation is 2. The molecule has 0 aromatic heterocycles. The van der Waals surface area contributed by atoms with Gasteiger partial charge in [-0.25, -0.2) is 0 Å². The van der Waals surface area contributed by atoms with Crippen molar-refractivity contribution in [3.63, 3.8) is 0 Å². The third-order valence-corrected chi connectivity index (χ3v) is 6.59. The number of carbonyl (C=O) groups is 2. The Labute approximate surface area is 229 Å². The molecule has 0 aliphatic carbocycles. The first kappa shape index (κ1) is 28.5. The minimum Gasteiger partial charge on any atom is -0.484 e. The summed E-state index contributed by atoms with van der Waals surface area (Å²) in [6, 6.07) is 20.0. The number of halogens is 2. The van der Waals surface area contributed by atoms with Crippen molar-refractivity contribution in [1.29, 1.82) is 0 Å². The number of hydrogen-bond acceptors (Lipinski definition) is 3. The summed E-state index contributed by atoms with van der Waals surface area (Å²) in [4.78, 5) is 28.7. The van der Waals surface area contributed by atoms with Gasteiger partial charge in [-0.3, -0.25) is 9.59 Å². The van der Waals surface area contributed by atoms with Gasteiger partial charge in [-0.1, -0.05) is 79.5 Å². The van der Waals surface area contributed by atoms with Crippen molar-refractivity contribution in [2.24, 2.45) is 5.92 Å². The van der Waals surface area contributed by atoms with E-state index in [0.29, 0.717) is 28.8 Å². The lowest BCUT2D eigenvalue weighted by Gasteiger charge is -2.32. The number of benzene rings is 3. The second-order valence-electron chi connectivity index (χ2n) is 9.73. The zero-order valence-electron chi connectivity index (χ0n) is 21.8. The van der Waals surface area contributed by atoms with Crippen LogP contribution in [0, 0.1) is 19.8 Å². The second kappa shape index (κ2) is 13.5. The van der Waals surface area contributed by atoms with Gasteiger partial charge in [0.15, 0.2) is 6.61 Å². The largest absolute Gasteiger partial charge is 0.484 e. The van der Waals surface area contributed by atoms with Crippen molar-refractivity contribution in [1.82, 2.24) is 10.2 Å². The van der Waals surface area contributed by atoms with Gasteiger partial charge in [-0.15, -0.1) is 0 Å². The highest BCUT2D eigenvalue weighted by molar-refractivity contribution is 6.42. The van der Waals surface area contributed by atoms with Gasteiger partial charge in [0.05, 0.1) is 10.0 Å². The predicted octanol–water partition coefficient (Wildman–Crippen LogP) is 6.40. The molecule has 1 atom stereocenters. The molecule has 0 aliphatic heterocycles. The predicted molar refractivity (Wildman–Crippen MR) is 150 cm³/mol. The SMILES string of the molecule is Cc1cc(C)cc(OCC(=O)N(Cc2ccc(Cl)c(Cl)c2)[C@@H](Cc2ccccc2)C(=O)NCC(C)C)c1.